The van der Waals surface area contributed by atoms with E-state index in [1.54, 1.807) is 12.5 Å². The smallest absolute Gasteiger partial charge is 0.156 e. The summed E-state index contributed by atoms with van der Waals surface area (Å²) in [4.78, 5) is 10.8. The Labute approximate surface area is 93.3 Å². The summed E-state index contributed by atoms with van der Waals surface area (Å²) in [6.45, 7) is 1.51. The van der Waals surface area contributed by atoms with Crippen molar-refractivity contribution in [1.29, 1.82) is 0 Å². The summed E-state index contributed by atoms with van der Waals surface area (Å²) < 4.78 is 1.98. The van der Waals surface area contributed by atoms with Gasteiger partial charge in [-0.25, -0.2) is 9.97 Å². The summed E-state index contributed by atoms with van der Waals surface area (Å²) in [5, 5.41) is 9.54. The molecule has 1 N–H and O–H groups in total. The molecule has 2 aromatic heterocycles. The van der Waals surface area contributed by atoms with Gasteiger partial charge in [0.2, 0.25) is 0 Å². The number of aryl methyl sites for hydroxylation is 1. The van der Waals surface area contributed by atoms with Gasteiger partial charge < -0.3 is 14.6 Å². The van der Waals surface area contributed by atoms with Crippen molar-refractivity contribution >= 4 is 16.9 Å². The zero-order valence-electron chi connectivity index (χ0n) is 9.17. The Kier molecular flexibility index (Phi) is 2.07. The van der Waals surface area contributed by atoms with Gasteiger partial charge in [-0.2, -0.15) is 0 Å². The average molecular weight is 218 g/mol. The van der Waals surface area contributed by atoms with Gasteiger partial charge in [0.15, 0.2) is 5.82 Å². The van der Waals surface area contributed by atoms with Crippen LogP contribution in [0, 0.1) is 0 Å². The lowest BCUT2D eigenvalue weighted by atomic mass is 10.3. The number of hydrogen-bond acceptors (Lipinski definition) is 4. The van der Waals surface area contributed by atoms with E-state index in [-0.39, 0.29) is 6.10 Å². The molecule has 0 aromatic carbocycles. The number of aliphatic hydroxyl groups excluding tert-OH is 1. The predicted molar refractivity (Wildman–Crippen MR) is 61.3 cm³/mol. The standard InChI is InChI=1S/C11H14N4O/c1-14-7-13-10-9(14)2-4-12-11(10)15-5-3-8(16)6-15/h2,4,7-8,16H,3,5-6H2,1H3/t8-/m0/s1. The van der Waals surface area contributed by atoms with Crippen LogP contribution in [0.25, 0.3) is 11.0 Å². The minimum atomic E-state index is -0.235. The number of β-amino-alcohol motifs (C(OH)–C–C–N with tert-alkyl or cyclic N) is 1. The fourth-order valence-electron chi connectivity index (χ4n) is 2.21. The van der Waals surface area contributed by atoms with Crippen LogP contribution in [0.3, 0.4) is 0 Å². The second-order valence-electron chi connectivity index (χ2n) is 4.25. The van der Waals surface area contributed by atoms with Crippen LogP contribution in [0.1, 0.15) is 6.42 Å². The Hall–Kier alpha value is -1.62. The number of anilines is 1. The number of rotatable bonds is 1. The van der Waals surface area contributed by atoms with Gasteiger partial charge in [0.05, 0.1) is 17.9 Å². The van der Waals surface area contributed by atoms with Crippen LogP contribution in [0.2, 0.25) is 0 Å². The van der Waals surface area contributed by atoms with Crippen LogP contribution in [-0.2, 0) is 7.05 Å². The van der Waals surface area contributed by atoms with Crippen molar-refractivity contribution in [2.24, 2.45) is 7.05 Å². The molecule has 3 heterocycles. The third-order valence-corrected chi connectivity index (χ3v) is 3.09. The molecule has 5 heteroatoms. The largest absolute Gasteiger partial charge is 0.391 e. The maximum Gasteiger partial charge on any atom is 0.156 e. The quantitative estimate of drug-likeness (QED) is 0.759. The summed E-state index contributed by atoms with van der Waals surface area (Å²) in [5.41, 5.74) is 1.99. The first-order chi connectivity index (χ1) is 7.75. The summed E-state index contributed by atoms with van der Waals surface area (Å²) in [6, 6.07) is 1.96. The van der Waals surface area contributed by atoms with Gasteiger partial charge in [0, 0.05) is 26.3 Å². The van der Waals surface area contributed by atoms with Gasteiger partial charge in [-0.15, -0.1) is 0 Å². The monoisotopic (exact) mass is 218 g/mol. The molecule has 0 bridgehead atoms. The summed E-state index contributed by atoms with van der Waals surface area (Å²) >= 11 is 0. The van der Waals surface area contributed by atoms with E-state index in [9.17, 15) is 5.11 Å². The van der Waals surface area contributed by atoms with Crippen molar-refractivity contribution in [3.8, 4) is 0 Å². The van der Waals surface area contributed by atoms with Crippen LogP contribution in [0.5, 0.6) is 0 Å². The molecule has 5 nitrogen and oxygen atoms in total. The van der Waals surface area contributed by atoms with Crippen molar-refractivity contribution in [1.82, 2.24) is 14.5 Å². The van der Waals surface area contributed by atoms with E-state index in [1.165, 1.54) is 0 Å². The molecule has 1 fully saturated rings. The lowest BCUT2D eigenvalue weighted by molar-refractivity contribution is 0.198. The number of aliphatic hydroxyl groups is 1. The van der Waals surface area contributed by atoms with Gasteiger partial charge in [0.1, 0.15) is 5.52 Å². The summed E-state index contributed by atoms with van der Waals surface area (Å²) in [5.74, 6) is 0.884. The van der Waals surface area contributed by atoms with Crippen LogP contribution >= 0.6 is 0 Å². The Morgan fingerprint density at radius 3 is 3.06 bits per heavy atom. The van der Waals surface area contributed by atoms with Crippen LogP contribution in [-0.4, -0.2) is 38.8 Å². The Balaban J connectivity index is 2.09. The third kappa shape index (κ3) is 1.36. The number of imidazole rings is 1. The zero-order valence-corrected chi connectivity index (χ0v) is 9.17. The van der Waals surface area contributed by atoms with E-state index in [0.29, 0.717) is 6.54 Å². The molecule has 1 aliphatic rings. The molecule has 1 aliphatic heterocycles. The fourth-order valence-corrected chi connectivity index (χ4v) is 2.21. The molecule has 1 saturated heterocycles. The number of fused-ring (bicyclic) bond motifs is 1. The van der Waals surface area contributed by atoms with Crippen molar-refractivity contribution in [3.63, 3.8) is 0 Å². The van der Waals surface area contributed by atoms with E-state index < -0.39 is 0 Å². The average Bonchev–Trinajstić information content (AvgIpc) is 2.86. The maximum absolute atomic E-state index is 9.54. The number of nitrogens with zero attached hydrogens (tertiary/aromatic N) is 4. The first-order valence-electron chi connectivity index (χ1n) is 5.45. The predicted octanol–water partition coefficient (Wildman–Crippen LogP) is 0.539. The highest BCUT2D eigenvalue weighted by Gasteiger charge is 2.23. The van der Waals surface area contributed by atoms with Crippen LogP contribution < -0.4 is 4.90 Å². The second kappa shape index (κ2) is 3.45. The maximum atomic E-state index is 9.54. The minimum absolute atomic E-state index is 0.235. The molecule has 84 valence electrons. The van der Waals surface area contributed by atoms with Crippen molar-refractivity contribution in [3.05, 3.63) is 18.6 Å². The van der Waals surface area contributed by atoms with Crippen molar-refractivity contribution in [2.45, 2.75) is 12.5 Å². The normalized spacial score (nSPS) is 20.9. The molecule has 0 radical (unpaired) electrons. The highest BCUT2D eigenvalue weighted by atomic mass is 16.3. The molecule has 0 unspecified atom stereocenters. The molecular formula is C11H14N4O. The topological polar surface area (TPSA) is 54.2 Å². The summed E-state index contributed by atoms with van der Waals surface area (Å²) in [6.07, 6.45) is 4.16. The summed E-state index contributed by atoms with van der Waals surface area (Å²) in [7, 11) is 1.97. The minimum Gasteiger partial charge on any atom is -0.391 e. The van der Waals surface area contributed by atoms with Crippen LogP contribution in [0.15, 0.2) is 18.6 Å². The second-order valence-corrected chi connectivity index (χ2v) is 4.25. The first kappa shape index (κ1) is 9.59. The third-order valence-electron chi connectivity index (χ3n) is 3.09. The van der Waals surface area contributed by atoms with Gasteiger partial charge in [-0.3, -0.25) is 0 Å². The van der Waals surface area contributed by atoms with E-state index in [2.05, 4.69) is 14.9 Å². The molecule has 0 spiro atoms. The van der Waals surface area contributed by atoms with Gasteiger partial charge in [-0.05, 0) is 12.5 Å². The van der Waals surface area contributed by atoms with Crippen molar-refractivity contribution in [2.75, 3.05) is 18.0 Å². The molecule has 0 aliphatic carbocycles. The highest BCUT2D eigenvalue weighted by Crippen LogP contribution is 2.25. The zero-order chi connectivity index (χ0) is 11.1. The molecule has 1 atom stereocenters. The van der Waals surface area contributed by atoms with Gasteiger partial charge in [0.25, 0.3) is 0 Å². The number of hydrogen-bond donors (Lipinski definition) is 1. The lowest BCUT2D eigenvalue weighted by Gasteiger charge is -2.16. The highest BCUT2D eigenvalue weighted by molar-refractivity contribution is 5.86. The number of aromatic nitrogens is 3. The first-order valence-corrected chi connectivity index (χ1v) is 5.45. The lowest BCUT2D eigenvalue weighted by Crippen LogP contribution is -2.22. The Morgan fingerprint density at radius 2 is 2.31 bits per heavy atom. The van der Waals surface area contributed by atoms with Gasteiger partial charge in [-0.1, -0.05) is 0 Å². The van der Waals surface area contributed by atoms with Crippen LogP contribution in [0.4, 0.5) is 5.82 Å². The fraction of sp³-hybridized carbons (Fsp3) is 0.455. The Morgan fingerprint density at radius 1 is 1.44 bits per heavy atom. The molecule has 0 saturated carbocycles. The van der Waals surface area contributed by atoms with E-state index in [1.807, 2.05) is 17.7 Å². The molecule has 2 aromatic rings. The Bertz CT molecular complexity index is 522. The number of pyridine rings is 1. The van der Waals surface area contributed by atoms with E-state index >= 15 is 0 Å². The van der Waals surface area contributed by atoms with E-state index in [0.717, 1.165) is 29.8 Å². The molecule has 3 rings (SSSR count). The SMILES string of the molecule is Cn1cnc2c(N3CC[C@H](O)C3)nccc21. The van der Waals surface area contributed by atoms with E-state index in [4.69, 9.17) is 0 Å². The molecule has 16 heavy (non-hydrogen) atoms. The molecular weight excluding hydrogens is 204 g/mol. The van der Waals surface area contributed by atoms with Crippen molar-refractivity contribution < 1.29 is 5.11 Å². The van der Waals surface area contributed by atoms with Gasteiger partial charge >= 0.3 is 0 Å². The molecule has 0 amide bonds.